The summed E-state index contributed by atoms with van der Waals surface area (Å²) in [6.45, 7) is 2.54. The number of nitrogens with zero attached hydrogens (tertiary/aromatic N) is 2. The Morgan fingerprint density at radius 2 is 2.47 bits per heavy atom. The monoisotopic (exact) mass is 270 g/mol. The lowest BCUT2D eigenvalue weighted by Crippen LogP contribution is -2.22. The van der Waals surface area contributed by atoms with Gasteiger partial charge in [0.15, 0.2) is 0 Å². The van der Waals surface area contributed by atoms with E-state index in [1.165, 1.54) is 10.4 Å². The zero-order chi connectivity index (χ0) is 13.1. The highest BCUT2D eigenvalue weighted by atomic mass is 32.1. The van der Waals surface area contributed by atoms with Gasteiger partial charge < -0.3 is 10.6 Å². The predicted molar refractivity (Wildman–Crippen MR) is 76.0 cm³/mol. The first-order valence-corrected chi connectivity index (χ1v) is 7.08. The fraction of sp³-hybridized carbons (Fsp3) is 0.286. The van der Waals surface area contributed by atoms with Crippen LogP contribution in [0.1, 0.15) is 21.6 Å². The molecule has 0 saturated carbocycles. The van der Waals surface area contributed by atoms with E-state index in [9.17, 15) is 5.26 Å². The van der Waals surface area contributed by atoms with Crippen molar-refractivity contribution < 1.29 is 0 Å². The first-order valence-electron chi connectivity index (χ1n) is 6.26. The van der Waals surface area contributed by atoms with E-state index in [1.54, 1.807) is 17.5 Å². The fourth-order valence-corrected chi connectivity index (χ4v) is 3.43. The molecule has 19 heavy (non-hydrogen) atoms. The average molecular weight is 270 g/mol. The minimum absolute atomic E-state index is 0.704. The predicted octanol–water partition coefficient (Wildman–Crippen LogP) is 2.27. The van der Waals surface area contributed by atoms with Crippen molar-refractivity contribution in [1.82, 2.24) is 10.3 Å². The normalized spacial score (nSPS) is 13.6. The molecule has 0 atom stereocenters. The summed E-state index contributed by atoms with van der Waals surface area (Å²) in [5, 5.41) is 17.0. The van der Waals surface area contributed by atoms with Crippen LogP contribution in [0.15, 0.2) is 24.5 Å². The van der Waals surface area contributed by atoms with E-state index in [-0.39, 0.29) is 0 Å². The smallest absolute Gasteiger partial charge is 0.107 e. The second-order valence-electron chi connectivity index (χ2n) is 4.46. The summed E-state index contributed by atoms with van der Waals surface area (Å²) >= 11 is 1.69. The zero-order valence-electron chi connectivity index (χ0n) is 10.4. The molecule has 3 heterocycles. The molecule has 0 saturated heterocycles. The third-order valence-corrected chi connectivity index (χ3v) is 4.41. The van der Waals surface area contributed by atoms with Crippen molar-refractivity contribution in [3.8, 4) is 6.07 Å². The molecule has 3 rings (SSSR count). The summed E-state index contributed by atoms with van der Waals surface area (Å²) in [7, 11) is 0. The van der Waals surface area contributed by atoms with Crippen molar-refractivity contribution in [2.75, 3.05) is 11.9 Å². The van der Waals surface area contributed by atoms with Gasteiger partial charge in [0.2, 0.25) is 0 Å². The van der Waals surface area contributed by atoms with Gasteiger partial charge in [-0.15, -0.1) is 11.3 Å². The molecular formula is C14H14N4S. The molecule has 2 aromatic heterocycles. The first-order chi connectivity index (χ1) is 9.38. The van der Waals surface area contributed by atoms with Crippen LogP contribution in [0.5, 0.6) is 0 Å². The number of anilines is 1. The van der Waals surface area contributed by atoms with E-state index >= 15 is 0 Å². The number of hydrogen-bond acceptors (Lipinski definition) is 5. The average Bonchev–Trinajstić information content (AvgIpc) is 2.83. The van der Waals surface area contributed by atoms with E-state index in [4.69, 9.17) is 0 Å². The van der Waals surface area contributed by atoms with Crippen molar-refractivity contribution in [2.45, 2.75) is 19.5 Å². The minimum Gasteiger partial charge on any atom is -0.372 e. The Hall–Kier alpha value is -1.90. The van der Waals surface area contributed by atoms with Crippen molar-refractivity contribution in [2.24, 2.45) is 0 Å². The molecule has 0 spiro atoms. The van der Waals surface area contributed by atoms with Crippen LogP contribution < -0.4 is 10.6 Å². The van der Waals surface area contributed by atoms with Crippen LogP contribution in [0, 0.1) is 11.3 Å². The third kappa shape index (κ3) is 2.46. The van der Waals surface area contributed by atoms with E-state index in [0.29, 0.717) is 6.54 Å². The molecule has 5 heteroatoms. The zero-order valence-corrected chi connectivity index (χ0v) is 11.3. The Morgan fingerprint density at radius 1 is 1.53 bits per heavy atom. The van der Waals surface area contributed by atoms with Crippen molar-refractivity contribution in [3.05, 3.63) is 46.1 Å². The summed E-state index contributed by atoms with van der Waals surface area (Å²) < 4.78 is 0. The topological polar surface area (TPSA) is 60.7 Å². The van der Waals surface area contributed by atoms with Gasteiger partial charge in [0, 0.05) is 30.4 Å². The van der Waals surface area contributed by atoms with Gasteiger partial charge >= 0.3 is 0 Å². The van der Waals surface area contributed by atoms with Gasteiger partial charge in [-0.05, 0) is 30.2 Å². The Kier molecular flexibility index (Phi) is 3.45. The van der Waals surface area contributed by atoms with Crippen LogP contribution in [0.25, 0.3) is 0 Å². The lowest BCUT2D eigenvalue weighted by atomic mass is 10.1. The SMILES string of the molecule is N#Cc1c(NCc2cccnc2)sc2c1CCNC2. The van der Waals surface area contributed by atoms with Crippen LogP contribution in [0.2, 0.25) is 0 Å². The highest BCUT2D eigenvalue weighted by Crippen LogP contribution is 2.34. The molecule has 0 unspecified atom stereocenters. The number of hydrogen-bond donors (Lipinski definition) is 2. The third-order valence-electron chi connectivity index (χ3n) is 3.22. The van der Waals surface area contributed by atoms with Crippen molar-refractivity contribution >= 4 is 16.3 Å². The molecule has 1 aliphatic rings. The van der Waals surface area contributed by atoms with Crippen LogP contribution in [0.3, 0.4) is 0 Å². The summed E-state index contributed by atoms with van der Waals surface area (Å²) in [6, 6.07) is 6.30. The Morgan fingerprint density at radius 3 is 3.26 bits per heavy atom. The second kappa shape index (κ2) is 5.39. The van der Waals surface area contributed by atoms with E-state index in [0.717, 1.165) is 35.6 Å². The number of pyridine rings is 1. The van der Waals surface area contributed by atoms with Crippen LogP contribution in [0.4, 0.5) is 5.00 Å². The molecule has 1 aliphatic heterocycles. The largest absolute Gasteiger partial charge is 0.372 e. The van der Waals surface area contributed by atoms with Gasteiger partial charge in [-0.2, -0.15) is 5.26 Å². The summed E-state index contributed by atoms with van der Waals surface area (Å²) in [5.41, 5.74) is 3.17. The van der Waals surface area contributed by atoms with E-state index in [1.807, 2.05) is 18.3 Å². The fourth-order valence-electron chi connectivity index (χ4n) is 2.26. The lowest BCUT2D eigenvalue weighted by Gasteiger charge is -2.11. The molecule has 0 radical (unpaired) electrons. The summed E-state index contributed by atoms with van der Waals surface area (Å²) in [5.74, 6) is 0. The minimum atomic E-state index is 0.704. The van der Waals surface area contributed by atoms with Gasteiger partial charge in [0.25, 0.3) is 0 Å². The van der Waals surface area contributed by atoms with Gasteiger partial charge in [0.1, 0.15) is 11.1 Å². The van der Waals surface area contributed by atoms with Crippen molar-refractivity contribution in [3.63, 3.8) is 0 Å². The Bertz CT molecular complexity index is 612. The van der Waals surface area contributed by atoms with Crippen LogP contribution in [-0.4, -0.2) is 11.5 Å². The van der Waals surface area contributed by atoms with Crippen LogP contribution >= 0.6 is 11.3 Å². The first kappa shape index (κ1) is 12.2. The number of fused-ring (bicyclic) bond motifs is 1. The standard InChI is InChI=1S/C14H14N4S/c15-6-12-11-3-5-17-9-13(11)19-14(12)18-8-10-2-1-4-16-7-10/h1-2,4,7,17-18H,3,5,8-9H2. The summed E-state index contributed by atoms with van der Waals surface area (Å²) in [4.78, 5) is 5.38. The number of rotatable bonds is 3. The van der Waals surface area contributed by atoms with Crippen LogP contribution in [-0.2, 0) is 19.5 Å². The molecular weight excluding hydrogens is 256 g/mol. The van der Waals surface area contributed by atoms with E-state index < -0.39 is 0 Å². The number of aromatic nitrogens is 1. The second-order valence-corrected chi connectivity index (χ2v) is 5.57. The van der Waals surface area contributed by atoms with Gasteiger partial charge in [-0.3, -0.25) is 4.98 Å². The molecule has 0 fully saturated rings. The maximum atomic E-state index is 9.34. The number of nitriles is 1. The van der Waals surface area contributed by atoms with E-state index in [2.05, 4.69) is 21.7 Å². The van der Waals surface area contributed by atoms with Gasteiger partial charge in [-0.25, -0.2) is 0 Å². The van der Waals surface area contributed by atoms with Crippen molar-refractivity contribution in [1.29, 1.82) is 5.26 Å². The molecule has 96 valence electrons. The molecule has 0 amide bonds. The molecule has 2 N–H and O–H groups in total. The highest BCUT2D eigenvalue weighted by molar-refractivity contribution is 7.16. The molecule has 0 bridgehead atoms. The highest BCUT2D eigenvalue weighted by Gasteiger charge is 2.20. The molecule has 4 nitrogen and oxygen atoms in total. The number of nitrogens with one attached hydrogen (secondary N) is 2. The maximum absolute atomic E-state index is 9.34. The molecule has 0 aliphatic carbocycles. The molecule has 2 aromatic rings. The van der Waals surface area contributed by atoms with Gasteiger partial charge in [-0.1, -0.05) is 6.07 Å². The number of thiophene rings is 1. The van der Waals surface area contributed by atoms with Gasteiger partial charge in [0.05, 0.1) is 5.56 Å². The quantitative estimate of drug-likeness (QED) is 0.898. The summed E-state index contributed by atoms with van der Waals surface area (Å²) in [6.07, 6.45) is 4.55. The Balaban J connectivity index is 1.81. The lowest BCUT2D eigenvalue weighted by molar-refractivity contribution is 0.654. The Labute approximate surface area is 116 Å². The molecule has 0 aromatic carbocycles. The maximum Gasteiger partial charge on any atom is 0.107 e.